The van der Waals surface area contributed by atoms with Gasteiger partial charge < -0.3 is 0 Å². The molecule has 0 spiro atoms. The van der Waals surface area contributed by atoms with E-state index in [4.69, 9.17) is 0 Å². The lowest BCUT2D eigenvalue weighted by molar-refractivity contribution is 0.822. The van der Waals surface area contributed by atoms with Gasteiger partial charge in [-0.1, -0.05) is 49.1 Å². The van der Waals surface area contributed by atoms with E-state index in [0.29, 0.717) is 5.92 Å². The van der Waals surface area contributed by atoms with Crippen molar-refractivity contribution in [1.29, 1.82) is 0 Å². The Bertz CT molecular complexity index is 182. The van der Waals surface area contributed by atoms with Gasteiger partial charge in [-0.25, -0.2) is 0 Å². The van der Waals surface area contributed by atoms with E-state index in [2.05, 4.69) is 37.0 Å². The third kappa shape index (κ3) is 2.06. The van der Waals surface area contributed by atoms with E-state index in [1.54, 1.807) is 0 Å². The van der Waals surface area contributed by atoms with Crippen molar-refractivity contribution in [3.05, 3.63) is 49.1 Å². The molecule has 1 atom stereocenters. The second kappa shape index (κ2) is 3.89. The molecule has 52 valence electrons. The third-order valence-corrected chi connectivity index (χ3v) is 1.51. The monoisotopic (exact) mass is 132 g/mol. The van der Waals surface area contributed by atoms with E-state index in [0.717, 1.165) is 6.42 Å². The van der Waals surface area contributed by atoms with Gasteiger partial charge in [-0.15, -0.1) is 0 Å². The van der Waals surface area contributed by atoms with Gasteiger partial charge in [0.2, 0.25) is 0 Å². The molecule has 0 N–H and O–H groups in total. The van der Waals surface area contributed by atoms with Crippen molar-refractivity contribution >= 4 is 0 Å². The summed E-state index contributed by atoms with van der Waals surface area (Å²) in [7, 11) is 0. The van der Waals surface area contributed by atoms with Crippen LogP contribution < -0.4 is 0 Å². The van der Waals surface area contributed by atoms with Crippen LogP contribution in [0.1, 0.15) is 6.42 Å². The SMILES string of the molecule is C=C/C=C/C1C=CC=CC1. The molecule has 0 aromatic heterocycles. The van der Waals surface area contributed by atoms with Crippen molar-refractivity contribution in [1.82, 2.24) is 0 Å². The average Bonchev–Trinajstić information content (AvgIpc) is 2.03. The molecule has 0 radical (unpaired) electrons. The summed E-state index contributed by atoms with van der Waals surface area (Å²) in [5, 5.41) is 0. The lowest BCUT2D eigenvalue weighted by Gasteiger charge is -2.05. The molecule has 0 heteroatoms. The second-order valence-corrected chi connectivity index (χ2v) is 2.33. The molecular formula is C10H12. The summed E-state index contributed by atoms with van der Waals surface area (Å²) in [6.45, 7) is 3.62. The van der Waals surface area contributed by atoms with Crippen LogP contribution in [0.15, 0.2) is 49.1 Å². The Morgan fingerprint density at radius 1 is 1.40 bits per heavy atom. The summed E-state index contributed by atoms with van der Waals surface area (Å²) in [5.74, 6) is 0.586. The van der Waals surface area contributed by atoms with Crippen molar-refractivity contribution in [3.63, 3.8) is 0 Å². The maximum absolute atomic E-state index is 3.62. The zero-order valence-electron chi connectivity index (χ0n) is 6.03. The lowest BCUT2D eigenvalue weighted by atomic mass is 10.0. The minimum atomic E-state index is 0.586. The maximum atomic E-state index is 3.62. The highest BCUT2D eigenvalue weighted by molar-refractivity contribution is 5.16. The van der Waals surface area contributed by atoms with E-state index in [-0.39, 0.29) is 0 Å². The number of allylic oxidation sites excluding steroid dienone is 7. The van der Waals surface area contributed by atoms with E-state index in [1.165, 1.54) is 0 Å². The summed E-state index contributed by atoms with van der Waals surface area (Å²) < 4.78 is 0. The normalized spacial score (nSPS) is 23.8. The Hall–Kier alpha value is -1.04. The molecule has 0 heterocycles. The number of rotatable bonds is 2. The minimum absolute atomic E-state index is 0.586. The van der Waals surface area contributed by atoms with Crippen molar-refractivity contribution in [3.8, 4) is 0 Å². The van der Waals surface area contributed by atoms with Crippen LogP contribution in [0.4, 0.5) is 0 Å². The van der Waals surface area contributed by atoms with Gasteiger partial charge in [-0.05, 0) is 12.3 Å². The molecule has 10 heavy (non-hydrogen) atoms. The Morgan fingerprint density at radius 2 is 2.30 bits per heavy atom. The Labute approximate surface area is 62.3 Å². The molecule has 0 bridgehead atoms. The molecule has 0 amide bonds. The summed E-state index contributed by atoms with van der Waals surface area (Å²) in [5.41, 5.74) is 0. The first kappa shape index (κ1) is 7.07. The first-order valence-electron chi connectivity index (χ1n) is 3.56. The summed E-state index contributed by atoms with van der Waals surface area (Å²) >= 11 is 0. The highest BCUT2D eigenvalue weighted by Gasteiger charge is 1.97. The van der Waals surface area contributed by atoms with E-state index < -0.39 is 0 Å². The predicted molar refractivity (Wildman–Crippen MR) is 45.7 cm³/mol. The largest absolute Gasteiger partial charge is 0.0991 e. The molecule has 0 fully saturated rings. The van der Waals surface area contributed by atoms with Gasteiger partial charge in [0.25, 0.3) is 0 Å². The van der Waals surface area contributed by atoms with Gasteiger partial charge in [0, 0.05) is 0 Å². The molecule has 0 aliphatic heterocycles. The number of hydrogen-bond acceptors (Lipinski definition) is 0. The smallest absolute Gasteiger partial charge is 0.00126 e. The van der Waals surface area contributed by atoms with Crippen LogP contribution >= 0.6 is 0 Å². The quantitative estimate of drug-likeness (QED) is 0.507. The molecule has 1 aliphatic rings. The van der Waals surface area contributed by atoms with E-state index >= 15 is 0 Å². The van der Waals surface area contributed by atoms with E-state index in [1.807, 2.05) is 12.2 Å². The third-order valence-electron chi connectivity index (χ3n) is 1.51. The van der Waals surface area contributed by atoms with Crippen LogP contribution in [-0.4, -0.2) is 0 Å². The van der Waals surface area contributed by atoms with Gasteiger partial charge in [0.05, 0.1) is 0 Å². The molecule has 0 aromatic rings. The lowest BCUT2D eigenvalue weighted by Crippen LogP contribution is -1.90. The fourth-order valence-electron chi connectivity index (χ4n) is 0.964. The highest BCUT2D eigenvalue weighted by atomic mass is 14.0. The van der Waals surface area contributed by atoms with Crippen LogP contribution in [-0.2, 0) is 0 Å². The molecule has 1 aliphatic carbocycles. The first-order valence-corrected chi connectivity index (χ1v) is 3.56. The fourth-order valence-corrected chi connectivity index (χ4v) is 0.964. The summed E-state index contributed by atoms with van der Waals surface area (Å²) in [4.78, 5) is 0. The molecule has 0 saturated carbocycles. The van der Waals surface area contributed by atoms with Gasteiger partial charge in [0.1, 0.15) is 0 Å². The van der Waals surface area contributed by atoms with Gasteiger partial charge in [0.15, 0.2) is 0 Å². The van der Waals surface area contributed by atoms with Crippen molar-refractivity contribution in [2.45, 2.75) is 6.42 Å². The van der Waals surface area contributed by atoms with E-state index in [9.17, 15) is 0 Å². The second-order valence-electron chi connectivity index (χ2n) is 2.33. The maximum Gasteiger partial charge on any atom is -0.00126 e. The van der Waals surface area contributed by atoms with Crippen molar-refractivity contribution in [2.75, 3.05) is 0 Å². The zero-order valence-corrected chi connectivity index (χ0v) is 6.03. The first-order chi connectivity index (χ1) is 4.93. The molecule has 1 rings (SSSR count). The molecule has 0 saturated heterocycles. The summed E-state index contributed by atoms with van der Waals surface area (Å²) in [6.07, 6.45) is 15.6. The topological polar surface area (TPSA) is 0 Å². The number of hydrogen-bond donors (Lipinski definition) is 0. The fraction of sp³-hybridized carbons (Fsp3) is 0.200. The molecule has 0 aromatic carbocycles. The van der Waals surface area contributed by atoms with Crippen LogP contribution in [0.3, 0.4) is 0 Å². The van der Waals surface area contributed by atoms with Gasteiger partial charge in [-0.3, -0.25) is 0 Å². The van der Waals surface area contributed by atoms with Crippen LogP contribution in [0.2, 0.25) is 0 Å². The standard InChI is InChI=1S/C10H12/c1-2-3-7-10-8-5-4-6-9-10/h2-8,10H,1,9H2/b7-3+. The highest BCUT2D eigenvalue weighted by Crippen LogP contribution is 2.12. The Kier molecular flexibility index (Phi) is 2.75. The predicted octanol–water partition coefficient (Wildman–Crippen LogP) is 2.86. The Balaban J connectivity index is 2.43. The molecule has 0 nitrogen and oxygen atoms in total. The van der Waals surface area contributed by atoms with Crippen molar-refractivity contribution in [2.24, 2.45) is 5.92 Å². The van der Waals surface area contributed by atoms with Crippen LogP contribution in [0.25, 0.3) is 0 Å². The van der Waals surface area contributed by atoms with Gasteiger partial charge >= 0.3 is 0 Å². The van der Waals surface area contributed by atoms with Gasteiger partial charge in [-0.2, -0.15) is 0 Å². The Morgan fingerprint density at radius 3 is 2.90 bits per heavy atom. The van der Waals surface area contributed by atoms with Crippen LogP contribution in [0.5, 0.6) is 0 Å². The van der Waals surface area contributed by atoms with Crippen LogP contribution in [0, 0.1) is 5.92 Å². The molecular weight excluding hydrogens is 120 g/mol. The average molecular weight is 132 g/mol. The summed E-state index contributed by atoms with van der Waals surface area (Å²) in [6, 6.07) is 0. The zero-order chi connectivity index (χ0) is 7.23. The minimum Gasteiger partial charge on any atom is -0.0991 e. The molecule has 1 unspecified atom stereocenters. The van der Waals surface area contributed by atoms with Crippen molar-refractivity contribution < 1.29 is 0 Å².